The van der Waals surface area contributed by atoms with Crippen LogP contribution in [0.3, 0.4) is 0 Å². The van der Waals surface area contributed by atoms with E-state index in [1.807, 2.05) is 37.3 Å². The molecular weight excluding hydrogens is 591 g/mol. The number of carbonyl (C=O) groups is 2. The second kappa shape index (κ2) is 12.8. The number of benzene rings is 4. The van der Waals surface area contributed by atoms with Crippen LogP contribution in [-0.4, -0.2) is 23.5 Å². The number of nitrogens with one attached hydrogen (secondary N) is 1. The summed E-state index contributed by atoms with van der Waals surface area (Å²) >= 11 is 17.9. The summed E-state index contributed by atoms with van der Waals surface area (Å²) in [6.07, 6.45) is 3.72. The summed E-state index contributed by atoms with van der Waals surface area (Å²) in [6, 6.07) is 22.7. The highest BCUT2D eigenvalue weighted by molar-refractivity contribution is 7.80. The second-order valence-corrected chi connectivity index (χ2v) is 10.6. The van der Waals surface area contributed by atoms with Crippen LogP contribution in [-0.2, 0) is 22.6 Å². The van der Waals surface area contributed by atoms with Gasteiger partial charge in [-0.05, 0) is 77.8 Å². The highest BCUT2D eigenvalue weighted by atomic mass is 35.5. The second-order valence-electron chi connectivity index (χ2n) is 9.39. The fourth-order valence-electron chi connectivity index (χ4n) is 4.78. The minimum absolute atomic E-state index is 0.0918. The Morgan fingerprint density at radius 1 is 0.976 bits per heavy atom. The normalized spacial score (nSPS) is 14.3. The van der Waals surface area contributed by atoms with Crippen molar-refractivity contribution in [2.75, 3.05) is 11.5 Å². The maximum absolute atomic E-state index is 13.6. The van der Waals surface area contributed by atoms with Crippen LogP contribution < -0.4 is 19.7 Å². The van der Waals surface area contributed by atoms with Gasteiger partial charge in [-0.15, -0.1) is 6.58 Å². The van der Waals surface area contributed by atoms with Gasteiger partial charge in [0, 0.05) is 5.56 Å². The van der Waals surface area contributed by atoms with E-state index in [9.17, 15) is 9.59 Å². The summed E-state index contributed by atoms with van der Waals surface area (Å²) in [5.74, 6) is -0.205. The molecule has 4 aromatic rings. The van der Waals surface area contributed by atoms with Gasteiger partial charge in [-0.3, -0.25) is 19.8 Å². The molecule has 212 valence electrons. The van der Waals surface area contributed by atoms with Crippen molar-refractivity contribution >= 4 is 74.9 Å². The maximum Gasteiger partial charge on any atom is 0.270 e. The van der Waals surface area contributed by atoms with E-state index in [0.717, 1.165) is 26.8 Å². The molecule has 0 bridgehead atoms. The lowest BCUT2D eigenvalue weighted by atomic mass is 10.0. The third-order valence-electron chi connectivity index (χ3n) is 6.65. The fraction of sp³-hybridized carbons (Fsp3) is 0.121. The van der Waals surface area contributed by atoms with Crippen LogP contribution in [0.25, 0.3) is 16.8 Å². The lowest BCUT2D eigenvalue weighted by Gasteiger charge is -2.29. The standard InChI is InChI=1S/C33H26Cl2N2O4S/c1-3-9-22-16-20(17-25-31(38)36-33(42)37(32(25)39)27-15-8-14-26(34)29(27)35)18-28(40-4-2)30(22)41-19-23-12-7-11-21-10-5-6-13-24(21)23/h3,5-8,10-18H,1,4,9,19H2,2H3,(H,36,38,42)/b25-17+. The van der Waals surface area contributed by atoms with Gasteiger partial charge in [-0.25, -0.2) is 0 Å². The monoisotopic (exact) mass is 616 g/mol. The molecule has 1 heterocycles. The van der Waals surface area contributed by atoms with Crippen molar-refractivity contribution in [3.05, 3.63) is 118 Å². The van der Waals surface area contributed by atoms with Crippen molar-refractivity contribution in [2.45, 2.75) is 20.0 Å². The van der Waals surface area contributed by atoms with Crippen molar-refractivity contribution < 1.29 is 19.1 Å². The molecule has 1 saturated heterocycles. The van der Waals surface area contributed by atoms with Crippen molar-refractivity contribution in [3.63, 3.8) is 0 Å². The number of ether oxygens (including phenoxy) is 2. The molecule has 6 nitrogen and oxygen atoms in total. The number of halogens is 2. The third-order valence-corrected chi connectivity index (χ3v) is 7.75. The molecule has 0 aromatic heterocycles. The smallest absolute Gasteiger partial charge is 0.270 e. The third kappa shape index (κ3) is 5.90. The average Bonchev–Trinajstić information content (AvgIpc) is 2.97. The van der Waals surface area contributed by atoms with E-state index >= 15 is 0 Å². The first-order valence-electron chi connectivity index (χ1n) is 13.2. The van der Waals surface area contributed by atoms with Gasteiger partial charge in [0.25, 0.3) is 11.8 Å². The van der Waals surface area contributed by atoms with E-state index in [-0.39, 0.29) is 26.4 Å². The number of carbonyl (C=O) groups excluding carboxylic acids is 2. The molecule has 4 aromatic carbocycles. The molecular formula is C33H26Cl2N2O4S. The Morgan fingerprint density at radius 3 is 2.52 bits per heavy atom. The van der Waals surface area contributed by atoms with Crippen molar-refractivity contribution in [1.82, 2.24) is 5.32 Å². The minimum atomic E-state index is -0.632. The van der Waals surface area contributed by atoms with E-state index in [2.05, 4.69) is 30.1 Å². The molecule has 1 aliphatic heterocycles. The molecule has 1 fully saturated rings. The Bertz CT molecular complexity index is 1760. The fourth-order valence-corrected chi connectivity index (χ4v) is 5.43. The summed E-state index contributed by atoms with van der Waals surface area (Å²) in [5.41, 5.74) is 2.53. The quantitative estimate of drug-likeness (QED) is 0.0903. The van der Waals surface area contributed by atoms with Gasteiger partial charge < -0.3 is 9.47 Å². The topological polar surface area (TPSA) is 67.9 Å². The molecule has 0 unspecified atom stereocenters. The lowest BCUT2D eigenvalue weighted by Crippen LogP contribution is -2.54. The predicted octanol–water partition coefficient (Wildman–Crippen LogP) is 7.68. The summed E-state index contributed by atoms with van der Waals surface area (Å²) in [4.78, 5) is 27.7. The lowest BCUT2D eigenvalue weighted by molar-refractivity contribution is -0.122. The number of rotatable bonds is 9. The summed E-state index contributed by atoms with van der Waals surface area (Å²) in [7, 11) is 0. The largest absolute Gasteiger partial charge is 0.490 e. The molecule has 0 radical (unpaired) electrons. The molecule has 1 N–H and O–H groups in total. The minimum Gasteiger partial charge on any atom is -0.490 e. The highest BCUT2D eigenvalue weighted by Crippen LogP contribution is 2.37. The van der Waals surface area contributed by atoms with Crippen molar-refractivity contribution in [3.8, 4) is 11.5 Å². The van der Waals surface area contributed by atoms with Crippen LogP contribution in [0, 0.1) is 0 Å². The number of hydrogen-bond acceptors (Lipinski definition) is 5. The van der Waals surface area contributed by atoms with Gasteiger partial charge in [0.1, 0.15) is 12.2 Å². The SMILES string of the molecule is C=CCc1cc(/C=C2\C(=O)NC(=S)N(c3cccc(Cl)c3Cl)C2=O)cc(OCC)c1OCc1cccc2ccccc12. The van der Waals surface area contributed by atoms with Gasteiger partial charge in [-0.1, -0.05) is 77.8 Å². The van der Waals surface area contributed by atoms with Gasteiger partial charge in [0.15, 0.2) is 16.6 Å². The Balaban J connectivity index is 1.53. The first kappa shape index (κ1) is 29.3. The zero-order chi connectivity index (χ0) is 29.8. The first-order valence-corrected chi connectivity index (χ1v) is 14.3. The van der Waals surface area contributed by atoms with E-state index in [4.69, 9.17) is 44.9 Å². The van der Waals surface area contributed by atoms with Gasteiger partial charge >= 0.3 is 0 Å². The van der Waals surface area contributed by atoms with E-state index in [1.54, 1.807) is 30.3 Å². The van der Waals surface area contributed by atoms with Crippen molar-refractivity contribution in [1.29, 1.82) is 0 Å². The van der Waals surface area contributed by atoms with Gasteiger partial charge in [0.05, 0.1) is 22.3 Å². The number of allylic oxidation sites excluding steroid dienone is 1. The summed E-state index contributed by atoms with van der Waals surface area (Å²) < 4.78 is 12.4. The van der Waals surface area contributed by atoms with E-state index < -0.39 is 11.8 Å². The molecule has 2 amide bonds. The number of hydrogen-bond donors (Lipinski definition) is 1. The number of anilines is 1. The first-order chi connectivity index (χ1) is 20.3. The van der Waals surface area contributed by atoms with Crippen LogP contribution in [0.4, 0.5) is 5.69 Å². The average molecular weight is 618 g/mol. The van der Waals surface area contributed by atoms with Crippen LogP contribution in [0.15, 0.2) is 91.0 Å². The van der Waals surface area contributed by atoms with Crippen LogP contribution >= 0.6 is 35.4 Å². The van der Waals surface area contributed by atoms with Gasteiger partial charge in [-0.2, -0.15) is 0 Å². The molecule has 0 atom stereocenters. The molecule has 1 aliphatic rings. The van der Waals surface area contributed by atoms with Crippen LogP contribution in [0.2, 0.25) is 10.0 Å². The predicted molar refractivity (Wildman–Crippen MR) is 172 cm³/mol. The van der Waals surface area contributed by atoms with Gasteiger partial charge in [0.2, 0.25) is 0 Å². The molecule has 0 spiro atoms. The van der Waals surface area contributed by atoms with Crippen molar-refractivity contribution in [2.24, 2.45) is 0 Å². The summed E-state index contributed by atoms with van der Waals surface area (Å²) in [5, 5.41) is 5.11. The molecule has 42 heavy (non-hydrogen) atoms. The Labute approximate surface area is 259 Å². The molecule has 0 aliphatic carbocycles. The Kier molecular flexibility index (Phi) is 8.92. The number of thiocarbonyl (C=S) groups is 1. The maximum atomic E-state index is 13.6. The summed E-state index contributed by atoms with van der Waals surface area (Å²) in [6.45, 7) is 6.47. The zero-order valence-corrected chi connectivity index (χ0v) is 25.0. The Hall–Kier alpha value is -4.17. The van der Waals surface area contributed by atoms with Crippen LogP contribution in [0.5, 0.6) is 11.5 Å². The Morgan fingerprint density at radius 2 is 1.74 bits per heavy atom. The highest BCUT2D eigenvalue weighted by Gasteiger charge is 2.36. The number of fused-ring (bicyclic) bond motifs is 1. The van der Waals surface area contributed by atoms with E-state index in [1.165, 1.54) is 6.08 Å². The number of nitrogens with zero attached hydrogens (tertiary/aromatic N) is 1. The molecule has 0 saturated carbocycles. The number of amides is 2. The van der Waals surface area contributed by atoms with Crippen LogP contribution in [0.1, 0.15) is 23.6 Å². The molecule has 5 rings (SSSR count). The molecule has 9 heteroatoms. The zero-order valence-electron chi connectivity index (χ0n) is 22.7. The van der Waals surface area contributed by atoms with E-state index in [0.29, 0.717) is 36.7 Å².